The predicted molar refractivity (Wildman–Crippen MR) is 141 cm³/mol. The number of guanidine groups is 1. The van der Waals surface area contributed by atoms with E-state index in [4.69, 9.17) is 19.5 Å². The van der Waals surface area contributed by atoms with Crippen LogP contribution in [0, 0.1) is 6.92 Å². The van der Waals surface area contributed by atoms with Gasteiger partial charge in [-0.3, -0.25) is 0 Å². The van der Waals surface area contributed by atoms with Crippen LogP contribution in [-0.2, 0) is 24.9 Å². The summed E-state index contributed by atoms with van der Waals surface area (Å²) >= 11 is 0. The van der Waals surface area contributed by atoms with Crippen molar-refractivity contribution in [2.75, 3.05) is 26.4 Å². The molecule has 7 nitrogen and oxygen atoms in total. The molecule has 8 heteroatoms. The van der Waals surface area contributed by atoms with Crippen LogP contribution in [-0.4, -0.2) is 41.9 Å². The van der Waals surface area contributed by atoms with Crippen molar-refractivity contribution >= 4 is 41.0 Å². The highest BCUT2D eigenvalue weighted by Gasteiger charge is 2.09. The number of hydrogen-bond acceptors (Lipinski definition) is 4. The fourth-order valence-electron chi connectivity index (χ4n) is 3.30. The minimum atomic E-state index is 0. The molecule has 0 unspecified atom stereocenters. The molecule has 0 fully saturated rings. The second-order valence-corrected chi connectivity index (χ2v) is 7.28. The van der Waals surface area contributed by atoms with Crippen molar-refractivity contribution in [3.05, 3.63) is 59.4 Å². The minimum Gasteiger partial charge on any atom is -0.491 e. The molecule has 3 aromatic rings. The summed E-state index contributed by atoms with van der Waals surface area (Å²) in [5, 5.41) is 6.70. The summed E-state index contributed by atoms with van der Waals surface area (Å²) in [6.07, 6.45) is 0. The Balaban J connectivity index is 0.00000363. The molecule has 0 amide bonds. The molecule has 0 radical (unpaired) electrons. The van der Waals surface area contributed by atoms with Crippen LogP contribution in [0.4, 0.5) is 0 Å². The van der Waals surface area contributed by atoms with Gasteiger partial charge in [0.05, 0.1) is 30.7 Å². The number of halogens is 1. The van der Waals surface area contributed by atoms with Gasteiger partial charge in [0, 0.05) is 25.8 Å². The van der Waals surface area contributed by atoms with Crippen molar-refractivity contribution in [3.63, 3.8) is 0 Å². The van der Waals surface area contributed by atoms with Gasteiger partial charge in [0.1, 0.15) is 18.2 Å². The van der Waals surface area contributed by atoms with Gasteiger partial charge in [0.2, 0.25) is 0 Å². The number of aryl methyl sites for hydroxylation is 2. The highest BCUT2D eigenvalue weighted by molar-refractivity contribution is 14.0. The first-order valence-corrected chi connectivity index (χ1v) is 10.8. The molecule has 0 saturated carbocycles. The van der Waals surface area contributed by atoms with Crippen molar-refractivity contribution in [3.8, 4) is 5.75 Å². The summed E-state index contributed by atoms with van der Waals surface area (Å²) in [4.78, 5) is 9.48. The van der Waals surface area contributed by atoms with Gasteiger partial charge in [-0.2, -0.15) is 0 Å². The maximum Gasteiger partial charge on any atom is 0.191 e. The summed E-state index contributed by atoms with van der Waals surface area (Å²) in [6, 6.07) is 14.4. The van der Waals surface area contributed by atoms with Crippen LogP contribution in [0.2, 0.25) is 0 Å². The molecule has 1 aromatic heterocycles. The van der Waals surface area contributed by atoms with Crippen molar-refractivity contribution in [2.24, 2.45) is 12.0 Å². The molecule has 0 saturated heterocycles. The van der Waals surface area contributed by atoms with E-state index in [1.54, 1.807) is 0 Å². The third-order valence-corrected chi connectivity index (χ3v) is 4.96. The van der Waals surface area contributed by atoms with E-state index in [1.165, 1.54) is 0 Å². The van der Waals surface area contributed by atoms with Gasteiger partial charge >= 0.3 is 0 Å². The van der Waals surface area contributed by atoms with Gasteiger partial charge in [0.25, 0.3) is 0 Å². The molecule has 0 aliphatic heterocycles. The number of nitrogens with zero attached hydrogens (tertiary/aromatic N) is 3. The highest BCUT2D eigenvalue weighted by Crippen LogP contribution is 2.21. The van der Waals surface area contributed by atoms with Crippen LogP contribution in [0.3, 0.4) is 0 Å². The second-order valence-electron chi connectivity index (χ2n) is 7.28. The first-order valence-electron chi connectivity index (χ1n) is 10.8. The van der Waals surface area contributed by atoms with Crippen LogP contribution in [0.1, 0.15) is 30.8 Å². The number of aliphatic imine (C=N–C) groups is 1. The Morgan fingerprint density at radius 1 is 1.09 bits per heavy atom. The van der Waals surface area contributed by atoms with Gasteiger partial charge in [-0.05, 0) is 44.5 Å². The number of aromatic nitrogens is 2. The molecule has 32 heavy (non-hydrogen) atoms. The largest absolute Gasteiger partial charge is 0.491 e. The van der Waals surface area contributed by atoms with Crippen LogP contribution < -0.4 is 15.4 Å². The van der Waals surface area contributed by atoms with Crippen molar-refractivity contribution in [2.45, 2.75) is 33.9 Å². The summed E-state index contributed by atoms with van der Waals surface area (Å²) < 4.78 is 13.4. The molecule has 1 heterocycles. The van der Waals surface area contributed by atoms with Crippen LogP contribution in [0.25, 0.3) is 11.0 Å². The van der Waals surface area contributed by atoms with Crippen molar-refractivity contribution in [1.82, 2.24) is 20.2 Å². The normalized spacial score (nSPS) is 11.3. The number of hydrogen-bond donors (Lipinski definition) is 2. The van der Waals surface area contributed by atoms with Crippen molar-refractivity contribution < 1.29 is 9.47 Å². The zero-order valence-corrected chi connectivity index (χ0v) is 21.7. The summed E-state index contributed by atoms with van der Waals surface area (Å²) in [6.45, 7) is 9.78. The Morgan fingerprint density at radius 2 is 1.91 bits per heavy atom. The van der Waals surface area contributed by atoms with E-state index < -0.39 is 0 Å². The molecule has 0 spiro atoms. The molecule has 0 atom stereocenters. The van der Waals surface area contributed by atoms with E-state index in [9.17, 15) is 0 Å². The average molecular weight is 551 g/mol. The van der Waals surface area contributed by atoms with E-state index in [0.29, 0.717) is 32.9 Å². The Kier molecular flexibility index (Phi) is 10.8. The molecule has 0 aliphatic rings. The third-order valence-electron chi connectivity index (χ3n) is 4.96. The Hall–Kier alpha value is -2.33. The van der Waals surface area contributed by atoms with Crippen LogP contribution >= 0.6 is 24.0 Å². The molecule has 174 valence electrons. The van der Waals surface area contributed by atoms with E-state index in [2.05, 4.69) is 53.3 Å². The summed E-state index contributed by atoms with van der Waals surface area (Å²) in [5.74, 6) is 2.56. The molecule has 0 aliphatic carbocycles. The Morgan fingerprint density at radius 3 is 2.66 bits per heavy atom. The maximum atomic E-state index is 5.94. The smallest absolute Gasteiger partial charge is 0.191 e. The number of benzene rings is 2. The standard InChI is InChI=1S/C24H33N5O2.HI/c1-5-25-24(27-17-23-28-20-9-7-8-10-21(20)29(23)4)26-16-19-12-11-18(3)15-22(19)31-14-13-30-6-2;/h7-12,15H,5-6,13-14,16-17H2,1-4H3,(H2,25,26,27);1H. The summed E-state index contributed by atoms with van der Waals surface area (Å²) in [7, 11) is 2.04. The molecular formula is C24H34IN5O2. The number of rotatable bonds is 10. The first kappa shape index (κ1) is 25.9. The quantitative estimate of drug-likeness (QED) is 0.171. The van der Waals surface area contributed by atoms with E-state index >= 15 is 0 Å². The molecule has 0 bridgehead atoms. The second kappa shape index (κ2) is 13.3. The topological polar surface area (TPSA) is 72.7 Å². The molecular weight excluding hydrogens is 517 g/mol. The lowest BCUT2D eigenvalue weighted by Gasteiger charge is -2.14. The molecule has 2 N–H and O–H groups in total. The van der Waals surface area contributed by atoms with Gasteiger partial charge in [-0.15, -0.1) is 24.0 Å². The van der Waals surface area contributed by atoms with Crippen LogP contribution in [0.5, 0.6) is 5.75 Å². The van der Waals surface area contributed by atoms with Crippen molar-refractivity contribution in [1.29, 1.82) is 0 Å². The third kappa shape index (κ3) is 7.09. The van der Waals surface area contributed by atoms with Gasteiger partial charge in [-0.25, -0.2) is 9.98 Å². The Bertz CT molecular complexity index is 1020. The summed E-state index contributed by atoms with van der Waals surface area (Å²) in [5.41, 5.74) is 4.32. The van der Waals surface area contributed by atoms with Gasteiger partial charge < -0.3 is 24.7 Å². The van der Waals surface area contributed by atoms with E-state index in [0.717, 1.165) is 46.2 Å². The lowest BCUT2D eigenvalue weighted by molar-refractivity contribution is 0.110. The van der Waals surface area contributed by atoms with E-state index in [-0.39, 0.29) is 24.0 Å². The lowest BCUT2D eigenvalue weighted by atomic mass is 10.1. The van der Waals surface area contributed by atoms with Gasteiger partial charge in [0.15, 0.2) is 5.96 Å². The van der Waals surface area contributed by atoms with Crippen LogP contribution in [0.15, 0.2) is 47.5 Å². The predicted octanol–water partition coefficient (Wildman–Crippen LogP) is 4.17. The first-order chi connectivity index (χ1) is 15.1. The number of nitrogens with one attached hydrogen (secondary N) is 2. The monoisotopic (exact) mass is 551 g/mol. The highest BCUT2D eigenvalue weighted by atomic mass is 127. The maximum absolute atomic E-state index is 5.94. The minimum absolute atomic E-state index is 0. The average Bonchev–Trinajstić information content (AvgIpc) is 3.10. The number of fused-ring (bicyclic) bond motifs is 1. The fraction of sp³-hybridized carbons (Fsp3) is 0.417. The fourth-order valence-corrected chi connectivity index (χ4v) is 3.30. The Labute approximate surface area is 207 Å². The zero-order valence-electron chi connectivity index (χ0n) is 19.4. The molecule has 3 rings (SSSR count). The number of imidazole rings is 1. The molecule has 2 aromatic carbocycles. The van der Waals surface area contributed by atoms with E-state index in [1.807, 2.05) is 32.2 Å². The van der Waals surface area contributed by atoms with Gasteiger partial charge in [-0.1, -0.05) is 24.3 Å². The zero-order chi connectivity index (χ0) is 22.1. The number of para-hydroxylation sites is 2. The lowest BCUT2D eigenvalue weighted by Crippen LogP contribution is -2.37. The number of ether oxygens (including phenoxy) is 2. The SMILES string of the molecule is CCNC(=NCc1ccc(C)cc1OCCOCC)NCc1nc2ccccc2n1C.I.